The van der Waals surface area contributed by atoms with Crippen LogP contribution in [0.15, 0.2) is 24.5 Å². The molecule has 0 aromatic carbocycles. The summed E-state index contributed by atoms with van der Waals surface area (Å²) in [5.74, 6) is 0.725. The van der Waals surface area contributed by atoms with Crippen LogP contribution in [0.4, 0.5) is 0 Å². The molecule has 19 heavy (non-hydrogen) atoms. The summed E-state index contributed by atoms with van der Waals surface area (Å²) < 4.78 is 0. The largest absolute Gasteiger partial charge is 0.340 e. The molecule has 2 rings (SSSR count). The maximum atomic E-state index is 12.3. The van der Waals surface area contributed by atoms with Crippen LogP contribution in [0.3, 0.4) is 0 Å². The first kappa shape index (κ1) is 14.0. The molecule has 2 heterocycles. The van der Waals surface area contributed by atoms with Crippen molar-refractivity contribution in [1.82, 2.24) is 9.88 Å². The molecule has 2 unspecified atom stereocenters. The van der Waals surface area contributed by atoms with Gasteiger partial charge in [0, 0.05) is 31.4 Å². The van der Waals surface area contributed by atoms with Gasteiger partial charge in [-0.15, -0.1) is 0 Å². The summed E-state index contributed by atoms with van der Waals surface area (Å²) in [4.78, 5) is 18.3. The van der Waals surface area contributed by atoms with E-state index in [1.54, 1.807) is 12.4 Å². The SMILES string of the molecule is CC1CCC(CN)CN1C(=O)CCc1ccncc1. The van der Waals surface area contributed by atoms with Crippen LogP contribution in [0.1, 0.15) is 31.7 Å². The van der Waals surface area contributed by atoms with Crippen molar-refractivity contribution < 1.29 is 4.79 Å². The molecular formula is C15H23N3O. The molecule has 1 aromatic heterocycles. The number of aryl methyl sites for hydroxylation is 1. The van der Waals surface area contributed by atoms with Gasteiger partial charge in [0.2, 0.25) is 5.91 Å². The van der Waals surface area contributed by atoms with Crippen molar-refractivity contribution in [3.63, 3.8) is 0 Å². The van der Waals surface area contributed by atoms with Gasteiger partial charge in [0.05, 0.1) is 0 Å². The van der Waals surface area contributed by atoms with E-state index < -0.39 is 0 Å². The first-order valence-corrected chi connectivity index (χ1v) is 7.09. The van der Waals surface area contributed by atoms with Crippen molar-refractivity contribution in [3.8, 4) is 0 Å². The van der Waals surface area contributed by atoms with Crippen LogP contribution in [0.2, 0.25) is 0 Å². The number of rotatable bonds is 4. The lowest BCUT2D eigenvalue weighted by atomic mass is 9.93. The zero-order chi connectivity index (χ0) is 13.7. The van der Waals surface area contributed by atoms with E-state index in [-0.39, 0.29) is 5.91 Å². The second kappa shape index (κ2) is 6.66. The fourth-order valence-corrected chi connectivity index (χ4v) is 2.67. The van der Waals surface area contributed by atoms with Crippen LogP contribution in [0.25, 0.3) is 0 Å². The number of aromatic nitrogens is 1. The first-order valence-electron chi connectivity index (χ1n) is 7.09. The molecule has 0 spiro atoms. The molecule has 4 nitrogen and oxygen atoms in total. The van der Waals surface area contributed by atoms with E-state index in [4.69, 9.17) is 5.73 Å². The molecule has 104 valence electrons. The zero-order valence-corrected chi connectivity index (χ0v) is 11.6. The number of likely N-dealkylation sites (tertiary alicyclic amines) is 1. The van der Waals surface area contributed by atoms with Gasteiger partial charge in [-0.3, -0.25) is 9.78 Å². The summed E-state index contributed by atoms with van der Waals surface area (Å²) >= 11 is 0. The molecule has 1 aromatic rings. The number of carbonyl (C=O) groups excluding carboxylic acids is 1. The lowest BCUT2D eigenvalue weighted by Gasteiger charge is -2.37. The standard InChI is InChI=1S/C15H23N3O/c1-12-2-3-14(10-16)11-18(12)15(19)5-4-13-6-8-17-9-7-13/h6-9,12,14H,2-5,10-11,16H2,1H3. The molecule has 1 amide bonds. The fraction of sp³-hybridized carbons (Fsp3) is 0.600. The highest BCUT2D eigenvalue weighted by atomic mass is 16.2. The molecule has 1 fully saturated rings. The Hall–Kier alpha value is -1.42. The number of carbonyl (C=O) groups is 1. The van der Waals surface area contributed by atoms with Crippen LogP contribution in [0, 0.1) is 5.92 Å². The molecule has 4 heteroatoms. The highest BCUT2D eigenvalue weighted by Crippen LogP contribution is 2.22. The second-order valence-corrected chi connectivity index (χ2v) is 5.43. The third-order valence-corrected chi connectivity index (χ3v) is 4.01. The number of hydrogen-bond acceptors (Lipinski definition) is 3. The summed E-state index contributed by atoms with van der Waals surface area (Å²) in [6, 6.07) is 4.29. The minimum absolute atomic E-state index is 0.252. The number of amides is 1. The van der Waals surface area contributed by atoms with Crippen LogP contribution >= 0.6 is 0 Å². The predicted molar refractivity (Wildman–Crippen MR) is 75.5 cm³/mol. The Morgan fingerprint density at radius 3 is 2.84 bits per heavy atom. The minimum atomic E-state index is 0.252. The Labute approximate surface area is 115 Å². The number of nitrogens with two attached hydrogens (primary N) is 1. The van der Waals surface area contributed by atoms with Gasteiger partial charge in [0.1, 0.15) is 0 Å². The van der Waals surface area contributed by atoms with Gasteiger partial charge in [-0.25, -0.2) is 0 Å². The maximum absolute atomic E-state index is 12.3. The molecule has 0 radical (unpaired) electrons. The van der Waals surface area contributed by atoms with Gasteiger partial charge in [-0.1, -0.05) is 0 Å². The van der Waals surface area contributed by atoms with E-state index in [1.807, 2.05) is 17.0 Å². The van der Waals surface area contributed by atoms with Crippen LogP contribution in [-0.2, 0) is 11.2 Å². The Balaban J connectivity index is 1.88. The topological polar surface area (TPSA) is 59.2 Å². The molecule has 1 saturated heterocycles. The fourth-order valence-electron chi connectivity index (χ4n) is 2.67. The summed E-state index contributed by atoms with van der Waals surface area (Å²) in [6.45, 7) is 3.64. The number of nitrogens with zero attached hydrogens (tertiary/aromatic N) is 2. The highest BCUT2D eigenvalue weighted by molar-refractivity contribution is 5.76. The molecule has 0 bridgehead atoms. The smallest absolute Gasteiger partial charge is 0.223 e. The molecule has 0 saturated carbocycles. The van der Waals surface area contributed by atoms with Gasteiger partial charge in [0.25, 0.3) is 0 Å². The highest BCUT2D eigenvalue weighted by Gasteiger charge is 2.27. The van der Waals surface area contributed by atoms with Gasteiger partial charge >= 0.3 is 0 Å². The Bertz CT molecular complexity index is 407. The Morgan fingerprint density at radius 1 is 1.42 bits per heavy atom. The third-order valence-electron chi connectivity index (χ3n) is 4.01. The van der Waals surface area contributed by atoms with Crippen LogP contribution in [-0.4, -0.2) is 34.9 Å². The lowest BCUT2D eigenvalue weighted by molar-refractivity contribution is -0.135. The van der Waals surface area contributed by atoms with Gasteiger partial charge in [-0.05, 0) is 56.3 Å². The van der Waals surface area contributed by atoms with Crippen molar-refractivity contribution in [3.05, 3.63) is 30.1 Å². The molecular weight excluding hydrogens is 238 g/mol. The van der Waals surface area contributed by atoms with E-state index in [1.165, 1.54) is 5.56 Å². The third kappa shape index (κ3) is 3.77. The lowest BCUT2D eigenvalue weighted by Crippen LogP contribution is -2.47. The molecule has 1 aliphatic rings. The summed E-state index contributed by atoms with van der Waals surface area (Å²) in [5.41, 5.74) is 6.90. The van der Waals surface area contributed by atoms with E-state index in [2.05, 4.69) is 11.9 Å². The molecule has 2 atom stereocenters. The normalized spacial score (nSPS) is 23.4. The maximum Gasteiger partial charge on any atom is 0.223 e. The van der Waals surface area contributed by atoms with Crippen LogP contribution < -0.4 is 5.73 Å². The van der Waals surface area contributed by atoms with Gasteiger partial charge in [0.15, 0.2) is 0 Å². The van der Waals surface area contributed by atoms with E-state index in [0.717, 1.165) is 25.8 Å². The average molecular weight is 261 g/mol. The summed E-state index contributed by atoms with van der Waals surface area (Å²) in [7, 11) is 0. The molecule has 0 aliphatic carbocycles. The van der Waals surface area contributed by atoms with E-state index in [0.29, 0.717) is 24.9 Å². The molecule has 2 N–H and O–H groups in total. The van der Waals surface area contributed by atoms with Crippen molar-refractivity contribution in [2.24, 2.45) is 11.7 Å². The van der Waals surface area contributed by atoms with Gasteiger partial charge < -0.3 is 10.6 Å². The zero-order valence-electron chi connectivity index (χ0n) is 11.6. The number of hydrogen-bond donors (Lipinski definition) is 1. The van der Waals surface area contributed by atoms with Crippen molar-refractivity contribution in [2.45, 2.75) is 38.6 Å². The summed E-state index contributed by atoms with van der Waals surface area (Å²) in [6.07, 6.45) is 7.12. The van der Waals surface area contributed by atoms with Gasteiger partial charge in [-0.2, -0.15) is 0 Å². The van der Waals surface area contributed by atoms with Crippen molar-refractivity contribution in [1.29, 1.82) is 0 Å². The summed E-state index contributed by atoms with van der Waals surface area (Å²) in [5, 5.41) is 0. The van der Waals surface area contributed by atoms with Crippen molar-refractivity contribution in [2.75, 3.05) is 13.1 Å². The predicted octanol–water partition coefficient (Wildman–Crippen LogP) is 1.60. The Kier molecular flexibility index (Phi) is 4.91. The Morgan fingerprint density at radius 2 is 2.16 bits per heavy atom. The van der Waals surface area contributed by atoms with Crippen molar-refractivity contribution >= 4 is 5.91 Å². The quantitative estimate of drug-likeness (QED) is 0.895. The second-order valence-electron chi connectivity index (χ2n) is 5.43. The number of pyridine rings is 1. The monoisotopic (exact) mass is 261 g/mol. The van der Waals surface area contributed by atoms with E-state index in [9.17, 15) is 4.79 Å². The first-order chi connectivity index (χ1) is 9.20. The number of piperidine rings is 1. The average Bonchev–Trinajstić information content (AvgIpc) is 2.46. The molecule has 1 aliphatic heterocycles. The van der Waals surface area contributed by atoms with E-state index >= 15 is 0 Å². The minimum Gasteiger partial charge on any atom is -0.340 e. The van der Waals surface area contributed by atoms with Crippen LogP contribution in [0.5, 0.6) is 0 Å².